The van der Waals surface area contributed by atoms with Crippen molar-refractivity contribution in [1.82, 2.24) is 5.32 Å². The summed E-state index contributed by atoms with van der Waals surface area (Å²) in [5, 5.41) is 3.46. The highest BCUT2D eigenvalue weighted by Crippen LogP contribution is 2.36. The van der Waals surface area contributed by atoms with Gasteiger partial charge in [-0.15, -0.1) is 0 Å². The standard InChI is InChI=1S/C24H14Cl4N2O4/c25-15-5-7-16(8-6-15)30-23(32)17(22(31)29-24(30)33)9-13-10-19(27)21(20(28)11-13)34-12-14-3-1-2-4-18(14)26/h1-11H,12H2,(H,29,31,33)/b17-9+. The number of barbiturate groups is 1. The van der Waals surface area contributed by atoms with Crippen molar-refractivity contribution in [3.8, 4) is 5.75 Å². The maximum atomic E-state index is 13.0. The Balaban J connectivity index is 1.61. The lowest BCUT2D eigenvalue weighted by Gasteiger charge is -2.26. The molecular formula is C24H14Cl4N2O4. The maximum absolute atomic E-state index is 13.0. The number of imide groups is 2. The van der Waals surface area contributed by atoms with E-state index in [4.69, 9.17) is 51.1 Å². The van der Waals surface area contributed by atoms with E-state index in [9.17, 15) is 14.4 Å². The molecule has 34 heavy (non-hydrogen) atoms. The summed E-state index contributed by atoms with van der Waals surface area (Å²) < 4.78 is 5.74. The lowest BCUT2D eigenvalue weighted by molar-refractivity contribution is -0.122. The normalized spacial score (nSPS) is 15.0. The largest absolute Gasteiger partial charge is 0.486 e. The maximum Gasteiger partial charge on any atom is 0.335 e. The third-order valence-electron chi connectivity index (χ3n) is 4.85. The number of benzene rings is 3. The second-order valence-corrected chi connectivity index (χ2v) is 8.79. The van der Waals surface area contributed by atoms with Gasteiger partial charge in [0.1, 0.15) is 12.2 Å². The Morgan fingerprint density at radius 1 is 0.853 bits per heavy atom. The number of carbonyl (C=O) groups is 3. The van der Waals surface area contributed by atoms with E-state index in [-0.39, 0.29) is 33.7 Å². The number of anilines is 1. The number of carbonyl (C=O) groups excluding carboxylic acids is 3. The van der Waals surface area contributed by atoms with Crippen LogP contribution in [0.15, 0.2) is 66.2 Å². The van der Waals surface area contributed by atoms with Gasteiger partial charge < -0.3 is 4.74 Å². The van der Waals surface area contributed by atoms with E-state index in [1.165, 1.54) is 42.5 Å². The van der Waals surface area contributed by atoms with Crippen LogP contribution in [-0.2, 0) is 16.2 Å². The minimum atomic E-state index is -0.867. The summed E-state index contributed by atoms with van der Waals surface area (Å²) in [6.45, 7) is 0.138. The average Bonchev–Trinajstić information content (AvgIpc) is 2.78. The van der Waals surface area contributed by atoms with Crippen LogP contribution in [0.5, 0.6) is 5.75 Å². The molecule has 0 radical (unpaired) electrons. The molecule has 0 aromatic heterocycles. The summed E-state index contributed by atoms with van der Waals surface area (Å²) in [5.74, 6) is -1.42. The van der Waals surface area contributed by atoms with Crippen LogP contribution in [0.4, 0.5) is 10.5 Å². The highest BCUT2D eigenvalue weighted by Gasteiger charge is 2.36. The molecule has 172 valence electrons. The third-order valence-corrected chi connectivity index (χ3v) is 6.03. The van der Waals surface area contributed by atoms with Crippen molar-refractivity contribution < 1.29 is 19.1 Å². The Bertz CT molecular complexity index is 1320. The van der Waals surface area contributed by atoms with Gasteiger partial charge in [0.25, 0.3) is 11.8 Å². The van der Waals surface area contributed by atoms with E-state index in [0.29, 0.717) is 15.6 Å². The zero-order valence-corrected chi connectivity index (χ0v) is 20.2. The van der Waals surface area contributed by atoms with Crippen molar-refractivity contribution in [1.29, 1.82) is 0 Å². The average molecular weight is 536 g/mol. The van der Waals surface area contributed by atoms with Crippen molar-refractivity contribution in [3.05, 3.63) is 97.5 Å². The quantitative estimate of drug-likeness (QED) is 0.297. The van der Waals surface area contributed by atoms with Gasteiger partial charge in [-0.1, -0.05) is 64.6 Å². The van der Waals surface area contributed by atoms with Crippen LogP contribution < -0.4 is 15.0 Å². The minimum absolute atomic E-state index is 0.138. The molecule has 0 unspecified atom stereocenters. The first kappa shape index (κ1) is 24.1. The fourth-order valence-electron chi connectivity index (χ4n) is 3.21. The molecule has 1 heterocycles. The van der Waals surface area contributed by atoms with Gasteiger partial charge in [0.05, 0.1) is 15.7 Å². The van der Waals surface area contributed by atoms with E-state index >= 15 is 0 Å². The van der Waals surface area contributed by atoms with Crippen molar-refractivity contribution in [3.63, 3.8) is 0 Å². The van der Waals surface area contributed by atoms with E-state index in [1.54, 1.807) is 12.1 Å². The zero-order chi connectivity index (χ0) is 24.4. The summed E-state index contributed by atoms with van der Waals surface area (Å²) in [6, 6.07) is 15.3. The Morgan fingerprint density at radius 3 is 2.15 bits per heavy atom. The highest BCUT2D eigenvalue weighted by atomic mass is 35.5. The van der Waals surface area contributed by atoms with Gasteiger partial charge in [0, 0.05) is 15.6 Å². The fraction of sp³-hybridized carbons (Fsp3) is 0.0417. The van der Waals surface area contributed by atoms with Crippen molar-refractivity contribution in [2.45, 2.75) is 6.61 Å². The van der Waals surface area contributed by atoms with Gasteiger partial charge in [0.2, 0.25) is 0 Å². The number of nitrogens with zero attached hydrogens (tertiary/aromatic N) is 1. The predicted molar refractivity (Wildman–Crippen MR) is 133 cm³/mol. The first-order valence-electron chi connectivity index (χ1n) is 9.77. The van der Waals surface area contributed by atoms with Crippen LogP contribution in [0, 0.1) is 0 Å². The molecule has 1 aliphatic rings. The summed E-state index contributed by atoms with van der Waals surface area (Å²) in [6.07, 6.45) is 1.29. The molecule has 1 fully saturated rings. The van der Waals surface area contributed by atoms with Crippen molar-refractivity contribution in [2.24, 2.45) is 0 Å². The first-order chi connectivity index (χ1) is 16.2. The van der Waals surface area contributed by atoms with Crippen molar-refractivity contribution >= 4 is 76.0 Å². The number of hydrogen-bond acceptors (Lipinski definition) is 4. The molecule has 3 aromatic carbocycles. The molecule has 10 heteroatoms. The molecule has 4 rings (SSSR count). The number of ether oxygens (including phenoxy) is 1. The van der Waals surface area contributed by atoms with Crippen LogP contribution in [0.1, 0.15) is 11.1 Å². The molecule has 6 nitrogen and oxygen atoms in total. The molecule has 1 saturated heterocycles. The number of amides is 4. The monoisotopic (exact) mass is 534 g/mol. The first-order valence-corrected chi connectivity index (χ1v) is 11.3. The lowest BCUT2D eigenvalue weighted by atomic mass is 10.1. The van der Waals surface area contributed by atoms with Crippen LogP contribution in [0.2, 0.25) is 20.1 Å². The Labute approximate surface area is 214 Å². The molecular weight excluding hydrogens is 522 g/mol. The number of hydrogen-bond donors (Lipinski definition) is 1. The Kier molecular flexibility index (Phi) is 7.14. The fourth-order valence-corrected chi connectivity index (χ4v) is 4.14. The predicted octanol–water partition coefficient (Wildman–Crippen LogP) is 6.55. The van der Waals surface area contributed by atoms with Crippen LogP contribution in [-0.4, -0.2) is 17.8 Å². The second kappa shape index (κ2) is 10.1. The number of rotatable bonds is 5. The molecule has 0 saturated carbocycles. The lowest BCUT2D eigenvalue weighted by Crippen LogP contribution is -2.54. The molecule has 0 aliphatic carbocycles. The molecule has 0 atom stereocenters. The Hall–Kier alpha value is -3.03. The molecule has 4 amide bonds. The highest BCUT2D eigenvalue weighted by molar-refractivity contribution is 6.40. The van der Waals surface area contributed by atoms with Gasteiger partial charge >= 0.3 is 6.03 Å². The van der Waals surface area contributed by atoms with Crippen LogP contribution in [0.25, 0.3) is 6.08 Å². The van der Waals surface area contributed by atoms with E-state index in [2.05, 4.69) is 5.32 Å². The van der Waals surface area contributed by atoms with E-state index in [0.717, 1.165) is 10.5 Å². The summed E-state index contributed by atoms with van der Waals surface area (Å²) in [4.78, 5) is 38.6. The number of nitrogens with one attached hydrogen (secondary N) is 1. The molecule has 3 aromatic rings. The molecule has 1 N–H and O–H groups in total. The zero-order valence-electron chi connectivity index (χ0n) is 17.2. The minimum Gasteiger partial charge on any atom is -0.486 e. The smallest absolute Gasteiger partial charge is 0.335 e. The number of halogens is 4. The van der Waals surface area contributed by atoms with Crippen molar-refractivity contribution in [2.75, 3.05) is 4.90 Å². The van der Waals surface area contributed by atoms with Gasteiger partial charge in [-0.3, -0.25) is 14.9 Å². The van der Waals surface area contributed by atoms with E-state index in [1.807, 2.05) is 12.1 Å². The van der Waals surface area contributed by atoms with Gasteiger partial charge in [-0.05, 0) is 54.1 Å². The van der Waals surface area contributed by atoms with E-state index < -0.39 is 17.8 Å². The van der Waals surface area contributed by atoms with Gasteiger partial charge in [0.15, 0.2) is 5.75 Å². The SMILES string of the molecule is O=C1NC(=O)N(c2ccc(Cl)cc2)C(=O)/C1=C/c1cc(Cl)c(OCc2ccccc2Cl)c(Cl)c1. The summed E-state index contributed by atoms with van der Waals surface area (Å²) in [7, 11) is 0. The van der Waals surface area contributed by atoms with Gasteiger partial charge in [-0.25, -0.2) is 9.69 Å². The topological polar surface area (TPSA) is 75.7 Å². The number of urea groups is 1. The second-order valence-electron chi connectivity index (χ2n) is 7.13. The van der Waals surface area contributed by atoms with Gasteiger partial charge in [-0.2, -0.15) is 0 Å². The van der Waals surface area contributed by atoms with Crippen LogP contribution >= 0.6 is 46.4 Å². The molecule has 0 bridgehead atoms. The molecule has 1 aliphatic heterocycles. The third kappa shape index (κ3) is 5.05. The summed E-state index contributed by atoms with van der Waals surface area (Å²) in [5.41, 5.74) is 1.10. The Morgan fingerprint density at radius 2 is 1.50 bits per heavy atom. The molecule has 0 spiro atoms. The van der Waals surface area contributed by atoms with Crippen LogP contribution in [0.3, 0.4) is 0 Å². The summed E-state index contributed by atoms with van der Waals surface area (Å²) >= 11 is 24.7.